The molecule has 3 aromatic rings. The number of benzene rings is 2. The maximum Gasteiger partial charge on any atom is 0.260 e. The summed E-state index contributed by atoms with van der Waals surface area (Å²) in [4.78, 5) is 17.8. The van der Waals surface area contributed by atoms with Gasteiger partial charge in [0.2, 0.25) is 0 Å². The van der Waals surface area contributed by atoms with E-state index in [1.807, 2.05) is 37.3 Å². The predicted octanol–water partition coefficient (Wildman–Crippen LogP) is 4.76. The maximum absolute atomic E-state index is 13.7. The number of thiazole rings is 1. The Morgan fingerprint density at radius 3 is 2.52 bits per heavy atom. The van der Waals surface area contributed by atoms with E-state index in [0.717, 1.165) is 22.6 Å². The summed E-state index contributed by atoms with van der Waals surface area (Å²) in [5.74, 6) is -1.03. The Bertz CT molecular complexity index is 830. The Morgan fingerprint density at radius 2 is 1.83 bits per heavy atom. The molecule has 0 fully saturated rings. The first-order valence-corrected chi connectivity index (χ1v) is 8.11. The van der Waals surface area contributed by atoms with Gasteiger partial charge in [0.05, 0.1) is 11.3 Å². The molecule has 1 amide bonds. The SMILES string of the molecule is CCc1sc(NC(=O)c2ccccc2F)nc1-c1ccccc1. The monoisotopic (exact) mass is 326 g/mol. The van der Waals surface area contributed by atoms with E-state index in [-0.39, 0.29) is 5.56 Å². The fourth-order valence-corrected chi connectivity index (χ4v) is 3.19. The summed E-state index contributed by atoms with van der Waals surface area (Å²) in [5.41, 5.74) is 1.89. The van der Waals surface area contributed by atoms with Crippen molar-refractivity contribution < 1.29 is 9.18 Å². The highest BCUT2D eigenvalue weighted by Crippen LogP contribution is 2.31. The first kappa shape index (κ1) is 15.4. The van der Waals surface area contributed by atoms with Crippen LogP contribution in [0.4, 0.5) is 9.52 Å². The zero-order valence-electron chi connectivity index (χ0n) is 12.5. The second-order valence-electron chi connectivity index (χ2n) is 4.94. The summed E-state index contributed by atoms with van der Waals surface area (Å²) in [6.07, 6.45) is 0.817. The normalized spacial score (nSPS) is 10.5. The molecular formula is C18H15FN2OS. The van der Waals surface area contributed by atoms with Crippen LogP contribution in [0, 0.1) is 5.82 Å². The third-order valence-corrected chi connectivity index (χ3v) is 4.52. The smallest absolute Gasteiger partial charge is 0.260 e. The van der Waals surface area contributed by atoms with Gasteiger partial charge in [-0.1, -0.05) is 49.4 Å². The van der Waals surface area contributed by atoms with Crippen molar-refractivity contribution in [3.63, 3.8) is 0 Å². The highest BCUT2D eigenvalue weighted by atomic mass is 32.1. The third kappa shape index (κ3) is 3.29. The van der Waals surface area contributed by atoms with Crippen molar-refractivity contribution in [2.75, 3.05) is 5.32 Å². The lowest BCUT2D eigenvalue weighted by Gasteiger charge is -2.02. The molecule has 0 atom stereocenters. The molecule has 0 aliphatic rings. The molecule has 5 heteroatoms. The molecule has 0 saturated carbocycles. The molecule has 3 nitrogen and oxygen atoms in total. The first-order chi connectivity index (χ1) is 11.2. The van der Waals surface area contributed by atoms with Crippen molar-refractivity contribution in [2.24, 2.45) is 0 Å². The summed E-state index contributed by atoms with van der Waals surface area (Å²) < 4.78 is 13.7. The summed E-state index contributed by atoms with van der Waals surface area (Å²) in [6.45, 7) is 2.04. The van der Waals surface area contributed by atoms with E-state index in [1.54, 1.807) is 12.1 Å². The van der Waals surface area contributed by atoms with Crippen molar-refractivity contribution in [1.82, 2.24) is 4.98 Å². The molecule has 0 radical (unpaired) electrons. The lowest BCUT2D eigenvalue weighted by atomic mass is 10.1. The second-order valence-corrected chi connectivity index (χ2v) is 6.03. The van der Waals surface area contributed by atoms with Crippen LogP contribution in [0.3, 0.4) is 0 Å². The van der Waals surface area contributed by atoms with E-state index >= 15 is 0 Å². The van der Waals surface area contributed by atoms with E-state index in [2.05, 4.69) is 10.3 Å². The quantitative estimate of drug-likeness (QED) is 0.751. The van der Waals surface area contributed by atoms with Gasteiger partial charge in [0.15, 0.2) is 5.13 Å². The molecule has 23 heavy (non-hydrogen) atoms. The third-order valence-electron chi connectivity index (χ3n) is 3.40. The number of hydrogen-bond acceptors (Lipinski definition) is 3. The largest absolute Gasteiger partial charge is 0.298 e. The van der Waals surface area contributed by atoms with Gasteiger partial charge in [0.25, 0.3) is 5.91 Å². The Balaban J connectivity index is 1.89. The summed E-state index contributed by atoms with van der Waals surface area (Å²) in [6, 6.07) is 15.7. The van der Waals surface area contributed by atoms with E-state index in [1.165, 1.54) is 23.5 Å². The summed E-state index contributed by atoms with van der Waals surface area (Å²) >= 11 is 1.42. The minimum atomic E-state index is -0.541. The van der Waals surface area contributed by atoms with Gasteiger partial charge in [-0.3, -0.25) is 10.1 Å². The molecule has 1 N–H and O–H groups in total. The summed E-state index contributed by atoms with van der Waals surface area (Å²) in [5, 5.41) is 3.17. The molecule has 1 aromatic heterocycles. The van der Waals surface area contributed by atoms with Crippen molar-refractivity contribution in [3.8, 4) is 11.3 Å². The molecule has 2 aromatic carbocycles. The molecule has 1 heterocycles. The van der Waals surface area contributed by atoms with Crippen molar-refractivity contribution >= 4 is 22.4 Å². The summed E-state index contributed by atoms with van der Waals surface area (Å²) in [7, 11) is 0. The molecule has 0 spiro atoms. The van der Waals surface area contributed by atoms with Crippen LogP contribution in [0.2, 0.25) is 0 Å². The van der Waals surface area contributed by atoms with Crippen molar-refractivity contribution in [2.45, 2.75) is 13.3 Å². The van der Waals surface area contributed by atoms with Gasteiger partial charge in [-0.25, -0.2) is 9.37 Å². The van der Waals surface area contributed by atoms with Gasteiger partial charge in [-0.2, -0.15) is 0 Å². The fraction of sp³-hybridized carbons (Fsp3) is 0.111. The minimum absolute atomic E-state index is 0.0157. The van der Waals surface area contributed by atoms with E-state index in [9.17, 15) is 9.18 Å². The van der Waals surface area contributed by atoms with Gasteiger partial charge >= 0.3 is 0 Å². The zero-order chi connectivity index (χ0) is 16.2. The zero-order valence-corrected chi connectivity index (χ0v) is 13.4. The van der Waals surface area contributed by atoms with Crippen LogP contribution in [-0.2, 0) is 6.42 Å². The number of carbonyl (C=O) groups excluding carboxylic acids is 1. The van der Waals surface area contributed by atoms with Crippen molar-refractivity contribution in [1.29, 1.82) is 0 Å². The molecule has 116 valence electrons. The van der Waals surface area contributed by atoms with Crippen LogP contribution in [0.5, 0.6) is 0 Å². The second kappa shape index (κ2) is 6.71. The minimum Gasteiger partial charge on any atom is -0.298 e. The number of aromatic nitrogens is 1. The van der Waals surface area contributed by atoms with Crippen LogP contribution in [-0.4, -0.2) is 10.9 Å². The van der Waals surface area contributed by atoms with E-state index < -0.39 is 11.7 Å². The van der Waals surface area contributed by atoms with Crippen LogP contribution >= 0.6 is 11.3 Å². The number of anilines is 1. The standard InChI is InChI=1S/C18H15FN2OS/c1-2-15-16(12-8-4-3-5-9-12)20-18(23-15)21-17(22)13-10-6-7-11-14(13)19/h3-11H,2H2,1H3,(H,20,21,22). The Kier molecular flexibility index (Phi) is 4.48. The Morgan fingerprint density at radius 1 is 1.13 bits per heavy atom. The van der Waals surface area contributed by atoms with Crippen LogP contribution in [0.15, 0.2) is 54.6 Å². The maximum atomic E-state index is 13.7. The van der Waals surface area contributed by atoms with Crippen LogP contribution in [0.25, 0.3) is 11.3 Å². The lowest BCUT2D eigenvalue weighted by Crippen LogP contribution is -2.13. The van der Waals surface area contributed by atoms with Crippen LogP contribution < -0.4 is 5.32 Å². The van der Waals surface area contributed by atoms with Crippen molar-refractivity contribution in [3.05, 3.63) is 70.9 Å². The first-order valence-electron chi connectivity index (χ1n) is 7.30. The molecular weight excluding hydrogens is 311 g/mol. The number of rotatable bonds is 4. The van der Waals surface area contributed by atoms with Gasteiger partial charge in [0, 0.05) is 10.4 Å². The van der Waals surface area contributed by atoms with Crippen LogP contribution in [0.1, 0.15) is 22.2 Å². The molecule has 0 saturated heterocycles. The van der Waals surface area contributed by atoms with E-state index in [0.29, 0.717) is 5.13 Å². The number of carbonyl (C=O) groups is 1. The number of aryl methyl sites for hydroxylation is 1. The average molecular weight is 326 g/mol. The fourth-order valence-electron chi connectivity index (χ4n) is 2.28. The van der Waals surface area contributed by atoms with Gasteiger partial charge < -0.3 is 0 Å². The molecule has 0 aliphatic carbocycles. The molecule has 0 unspecified atom stereocenters. The Hall–Kier alpha value is -2.53. The Labute approximate surface area is 137 Å². The number of amides is 1. The van der Waals surface area contributed by atoms with Gasteiger partial charge in [-0.15, -0.1) is 11.3 Å². The number of nitrogens with one attached hydrogen (secondary N) is 1. The highest BCUT2D eigenvalue weighted by Gasteiger charge is 2.16. The number of hydrogen-bond donors (Lipinski definition) is 1. The predicted molar refractivity (Wildman–Crippen MR) is 91.3 cm³/mol. The lowest BCUT2D eigenvalue weighted by molar-refractivity contribution is 0.102. The molecule has 0 aliphatic heterocycles. The average Bonchev–Trinajstić information content (AvgIpc) is 2.99. The van der Waals surface area contributed by atoms with E-state index in [4.69, 9.17) is 0 Å². The van der Waals surface area contributed by atoms with Gasteiger partial charge in [0.1, 0.15) is 5.82 Å². The van der Waals surface area contributed by atoms with Gasteiger partial charge in [-0.05, 0) is 18.6 Å². The molecule has 3 rings (SSSR count). The highest BCUT2D eigenvalue weighted by molar-refractivity contribution is 7.16. The number of nitrogens with zero attached hydrogens (tertiary/aromatic N) is 1. The molecule has 0 bridgehead atoms. The topological polar surface area (TPSA) is 42.0 Å². The number of halogens is 1.